The Kier molecular flexibility index (Phi) is 8.96. The van der Waals surface area contributed by atoms with Gasteiger partial charge in [0.2, 0.25) is 0 Å². The molecule has 0 saturated heterocycles. The van der Waals surface area contributed by atoms with Crippen LogP contribution < -0.4 is 0 Å². The fourth-order valence-electron chi connectivity index (χ4n) is 12.8. The number of hydrogen-bond acceptors (Lipinski definition) is 5. The van der Waals surface area contributed by atoms with Gasteiger partial charge in [-0.3, -0.25) is 14.4 Å². The second kappa shape index (κ2) is 12.0. The molecule has 0 aromatic heterocycles. The molecule has 47 heavy (non-hydrogen) atoms. The molecule has 8 unspecified atom stereocenters. The number of ether oxygens (including phenoxy) is 1. The van der Waals surface area contributed by atoms with E-state index >= 15 is 0 Å². The molecule has 6 aliphatic rings. The van der Waals surface area contributed by atoms with Crippen molar-refractivity contribution in [3.05, 3.63) is 11.1 Å². The number of allylic oxidation sites excluding steroid dienone is 2. The Balaban J connectivity index is 1.23. The Morgan fingerprint density at radius 1 is 0.936 bits per heavy atom. The Bertz CT molecular complexity index is 1310. The largest absolute Gasteiger partial charge is 0.481 e. The Morgan fingerprint density at radius 3 is 2.26 bits per heavy atom. The van der Waals surface area contributed by atoms with E-state index in [-0.39, 0.29) is 40.2 Å². The quantitative estimate of drug-likeness (QED) is 0.238. The molecule has 0 amide bonds. The predicted molar refractivity (Wildman–Crippen MR) is 186 cm³/mol. The molecule has 0 heterocycles. The summed E-state index contributed by atoms with van der Waals surface area (Å²) in [6.07, 6.45) is 13.4. The lowest BCUT2D eigenvalue weighted by Gasteiger charge is -2.69. The average molecular weight is 652 g/mol. The monoisotopic (exact) mass is 651 g/mol. The molecule has 1 N–H and O–H groups in total. The van der Waals surface area contributed by atoms with Crippen molar-refractivity contribution in [2.24, 2.45) is 62.6 Å². The zero-order valence-corrected chi connectivity index (χ0v) is 31.2. The highest BCUT2D eigenvalue weighted by molar-refractivity contribution is 6.00. The minimum absolute atomic E-state index is 0.0685. The first-order valence-electron chi connectivity index (χ1n) is 19.2. The third kappa shape index (κ3) is 5.86. The van der Waals surface area contributed by atoms with Crippen LogP contribution in [0.1, 0.15) is 139 Å². The highest BCUT2D eigenvalue weighted by Crippen LogP contribution is 2.73. The van der Waals surface area contributed by atoms with Crippen LogP contribution in [0, 0.1) is 62.6 Å². The summed E-state index contributed by atoms with van der Waals surface area (Å²) in [7, 11) is 2.30. The van der Waals surface area contributed by atoms with Crippen molar-refractivity contribution in [1.29, 1.82) is 0 Å². The van der Waals surface area contributed by atoms with Crippen LogP contribution in [0.2, 0.25) is 0 Å². The summed E-state index contributed by atoms with van der Waals surface area (Å²) in [6.45, 7) is 19.8. The third-order valence-electron chi connectivity index (χ3n) is 15.4. The average Bonchev–Trinajstić information content (AvgIpc) is 3.72. The van der Waals surface area contributed by atoms with Crippen molar-refractivity contribution in [3.63, 3.8) is 0 Å². The van der Waals surface area contributed by atoms with Crippen LogP contribution in [-0.2, 0) is 19.1 Å². The lowest BCUT2D eigenvalue weighted by Crippen LogP contribution is -2.63. The van der Waals surface area contributed by atoms with Crippen molar-refractivity contribution in [3.8, 4) is 0 Å². The normalized spacial score (nSPS) is 39.7. The van der Waals surface area contributed by atoms with Crippen LogP contribution in [0.3, 0.4) is 0 Å². The number of hydrogen-bond donors (Lipinski definition) is 1. The van der Waals surface area contributed by atoms with Crippen LogP contribution in [0.5, 0.6) is 0 Å². The van der Waals surface area contributed by atoms with Gasteiger partial charge in [0.1, 0.15) is 6.10 Å². The second-order valence-electron chi connectivity index (χ2n) is 19.5. The SMILES string of the molecule is CC(C)C1=C2C3CCC4C(C)(CCC5C(C)(C)C(OC(=O)CC(C)(C)C(=O)O)CCC54C)C3CCC2(CCN(C)CC2CC2)CC1=O. The Hall–Kier alpha value is -1.69. The number of Topliss-reactive ketones (excluding diaryl/α,β-unsaturated/α-hetero) is 1. The fraction of sp³-hybridized carbons (Fsp3) is 0.878. The van der Waals surface area contributed by atoms with E-state index in [2.05, 4.69) is 53.5 Å². The second-order valence-corrected chi connectivity index (χ2v) is 19.5. The van der Waals surface area contributed by atoms with E-state index in [1.54, 1.807) is 19.4 Å². The van der Waals surface area contributed by atoms with Gasteiger partial charge in [0.25, 0.3) is 0 Å². The number of fused-ring (bicyclic) bond motifs is 7. The van der Waals surface area contributed by atoms with Crippen molar-refractivity contribution in [1.82, 2.24) is 4.90 Å². The van der Waals surface area contributed by atoms with Gasteiger partial charge in [0, 0.05) is 23.8 Å². The number of esters is 1. The Labute approximate surface area is 285 Å². The predicted octanol–water partition coefficient (Wildman–Crippen LogP) is 8.72. The summed E-state index contributed by atoms with van der Waals surface area (Å²) in [5, 5.41) is 9.57. The van der Waals surface area contributed by atoms with Crippen LogP contribution >= 0.6 is 0 Å². The van der Waals surface area contributed by atoms with Gasteiger partial charge in [-0.05, 0) is 150 Å². The van der Waals surface area contributed by atoms with Gasteiger partial charge < -0.3 is 14.7 Å². The number of carbonyl (C=O) groups excluding carboxylic acids is 2. The molecule has 8 atom stereocenters. The van der Waals surface area contributed by atoms with Crippen molar-refractivity contribution in [2.45, 2.75) is 145 Å². The molecule has 5 saturated carbocycles. The van der Waals surface area contributed by atoms with Gasteiger partial charge >= 0.3 is 11.9 Å². The highest BCUT2D eigenvalue weighted by atomic mass is 16.5. The maximum atomic E-state index is 13.8. The minimum Gasteiger partial charge on any atom is -0.481 e. The molecular weight excluding hydrogens is 586 g/mol. The number of carboxylic acid groups (broad SMARTS) is 1. The van der Waals surface area contributed by atoms with Gasteiger partial charge in [-0.2, -0.15) is 0 Å². The lowest BCUT2D eigenvalue weighted by molar-refractivity contribution is -0.214. The van der Waals surface area contributed by atoms with Gasteiger partial charge in [-0.25, -0.2) is 0 Å². The summed E-state index contributed by atoms with van der Waals surface area (Å²) in [5.41, 5.74) is 2.00. The summed E-state index contributed by atoms with van der Waals surface area (Å²) in [6, 6.07) is 0. The molecule has 6 aliphatic carbocycles. The van der Waals surface area contributed by atoms with Crippen LogP contribution in [0.4, 0.5) is 0 Å². The number of ketones is 1. The van der Waals surface area contributed by atoms with Gasteiger partial charge in [0.15, 0.2) is 5.78 Å². The van der Waals surface area contributed by atoms with E-state index in [0.29, 0.717) is 35.4 Å². The zero-order valence-electron chi connectivity index (χ0n) is 31.2. The molecule has 264 valence electrons. The van der Waals surface area contributed by atoms with Crippen molar-refractivity contribution < 1.29 is 24.2 Å². The molecule has 0 spiro atoms. The lowest BCUT2D eigenvalue weighted by atomic mass is 9.36. The standard InChI is InChI=1S/C41H65NO5/c1-25(2)34-29(43)22-41(20-21-42(9)24-26-10-11-26)19-14-28-27(35(34)41)12-13-31-39(28,7)17-15-30-38(5,6)32(16-18-40(30,31)8)47-33(44)23-37(3,4)36(45)46/h25-28,30-32H,10-24H2,1-9H3,(H,45,46). The van der Waals surface area contributed by atoms with Crippen LogP contribution in [0.25, 0.3) is 0 Å². The topological polar surface area (TPSA) is 83.9 Å². The maximum absolute atomic E-state index is 13.8. The van der Waals surface area contributed by atoms with Crippen molar-refractivity contribution in [2.75, 3.05) is 20.1 Å². The van der Waals surface area contributed by atoms with Gasteiger partial charge in [-0.1, -0.05) is 47.1 Å². The van der Waals surface area contributed by atoms with E-state index in [9.17, 15) is 19.5 Å². The van der Waals surface area contributed by atoms with E-state index in [1.807, 2.05) is 0 Å². The molecule has 0 bridgehead atoms. The first-order chi connectivity index (χ1) is 21.9. The summed E-state index contributed by atoms with van der Waals surface area (Å²) >= 11 is 0. The first-order valence-corrected chi connectivity index (χ1v) is 19.2. The zero-order chi connectivity index (χ0) is 34.3. The van der Waals surface area contributed by atoms with Crippen LogP contribution in [-0.4, -0.2) is 54.0 Å². The fourth-order valence-corrected chi connectivity index (χ4v) is 12.8. The maximum Gasteiger partial charge on any atom is 0.309 e. The molecule has 0 aliphatic heterocycles. The molecule has 5 fully saturated rings. The first kappa shape index (κ1) is 35.1. The van der Waals surface area contributed by atoms with E-state index in [1.165, 1.54) is 57.1 Å². The summed E-state index contributed by atoms with van der Waals surface area (Å²) < 4.78 is 6.16. The highest BCUT2D eigenvalue weighted by Gasteiger charge is 2.66. The molecule has 6 nitrogen and oxygen atoms in total. The van der Waals surface area contributed by atoms with Gasteiger partial charge in [-0.15, -0.1) is 0 Å². The number of carboxylic acids is 1. The summed E-state index contributed by atoms with van der Waals surface area (Å²) in [4.78, 5) is 41.1. The van der Waals surface area contributed by atoms with Crippen molar-refractivity contribution >= 4 is 17.7 Å². The Morgan fingerprint density at radius 2 is 1.62 bits per heavy atom. The molecule has 6 heteroatoms. The number of carbonyl (C=O) groups is 3. The minimum atomic E-state index is -1.13. The van der Waals surface area contributed by atoms with E-state index in [0.717, 1.165) is 44.6 Å². The number of nitrogens with zero attached hydrogens (tertiary/aromatic N) is 1. The van der Waals surface area contributed by atoms with E-state index in [4.69, 9.17) is 4.74 Å². The van der Waals surface area contributed by atoms with E-state index < -0.39 is 11.4 Å². The summed E-state index contributed by atoms with van der Waals surface area (Å²) in [5.74, 6) is 2.51. The van der Waals surface area contributed by atoms with Crippen LogP contribution in [0.15, 0.2) is 11.1 Å². The number of rotatable bonds is 10. The molecule has 0 aromatic rings. The molecule has 0 aromatic carbocycles. The van der Waals surface area contributed by atoms with Gasteiger partial charge in [0.05, 0.1) is 11.8 Å². The molecule has 0 radical (unpaired) electrons. The third-order valence-corrected chi connectivity index (χ3v) is 15.4. The number of aliphatic carboxylic acids is 1. The smallest absolute Gasteiger partial charge is 0.309 e. The molecule has 6 rings (SSSR count). The molecular formula is C41H65NO5.